The monoisotopic (exact) mass is 732 g/mol. The van der Waals surface area contributed by atoms with E-state index in [1.165, 1.54) is 24.3 Å². The van der Waals surface area contributed by atoms with Crippen molar-refractivity contribution in [2.45, 2.75) is 57.7 Å². The van der Waals surface area contributed by atoms with Crippen molar-refractivity contribution in [2.75, 3.05) is 0 Å². The number of unbranched alkanes of at least 4 members (excludes halogenated alkanes) is 4. The first-order valence-electron chi connectivity index (χ1n) is 15.1. The van der Waals surface area contributed by atoms with Crippen molar-refractivity contribution >= 4 is 11.9 Å². The SMILES string of the molecule is O=C(CCCCCCCC(=O)Oc1ccc(-c2ccc(OC(F)(F)F)c(F)c2)c(F)c1)Oc1ccc(-c2ccc(OC(F)(F)F)c(F)c2)c(F)c1. The Labute approximate surface area is 283 Å². The van der Waals surface area contributed by atoms with E-state index in [2.05, 4.69) is 9.47 Å². The summed E-state index contributed by atoms with van der Waals surface area (Å²) in [6.45, 7) is 0. The molecule has 4 aromatic carbocycles. The molecule has 6 nitrogen and oxygen atoms in total. The molecular weight excluding hydrogens is 706 g/mol. The Morgan fingerprint density at radius 2 is 0.843 bits per heavy atom. The summed E-state index contributed by atoms with van der Waals surface area (Å²) in [5.41, 5.74) is -0.434. The van der Waals surface area contributed by atoms with Crippen LogP contribution in [0.3, 0.4) is 0 Å². The maximum Gasteiger partial charge on any atom is 0.573 e. The molecular formula is C35H26F10O6. The van der Waals surface area contributed by atoms with Gasteiger partial charge in [-0.25, -0.2) is 17.6 Å². The van der Waals surface area contributed by atoms with Gasteiger partial charge in [0.05, 0.1) is 0 Å². The largest absolute Gasteiger partial charge is 0.573 e. The Morgan fingerprint density at radius 3 is 1.18 bits per heavy atom. The molecule has 0 N–H and O–H groups in total. The Balaban J connectivity index is 1.14. The second-order valence-electron chi connectivity index (χ2n) is 10.9. The molecule has 0 saturated heterocycles. The van der Waals surface area contributed by atoms with E-state index in [0.717, 1.165) is 24.3 Å². The lowest BCUT2D eigenvalue weighted by Crippen LogP contribution is -2.17. The zero-order chi connectivity index (χ0) is 37.3. The first-order chi connectivity index (χ1) is 24.0. The lowest BCUT2D eigenvalue weighted by molar-refractivity contribution is -0.276. The molecule has 0 atom stereocenters. The highest BCUT2D eigenvalue weighted by Crippen LogP contribution is 2.34. The molecule has 0 spiro atoms. The summed E-state index contributed by atoms with van der Waals surface area (Å²) in [4.78, 5) is 24.4. The molecule has 0 unspecified atom stereocenters. The molecule has 0 amide bonds. The fourth-order valence-electron chi connectivity index (χ4n) is 4.77. The van der Waals surface area contributed by atoms with Crippen molar-refractivity contribution in [3.8, 4) is 45.3 Å². The van der Waals surface area contributed by atoms with Gasteiger partial charge in [-0.3, -0.25) is 9.59 Å². The lowest BCUT2D eigenvalue weighted by Gasteiger charge is -2.11. The van der Waals surface area contributed by atoms with Gasteiger partial charge in [0.1, 0.15) is 23.1 Å². The minimum Gasteiger partial charge on any atom is -0.426 e. The number of esters is 2. The van der Waals surface area contributed by atoms with Crippen molar-refractivity contribution in [3.05, 3.63) is 96.1 Å². The van der Waals surface area contributed by atoms with Gasteiger partial charge in [-0.1, -0.05) is 31.4 Å². The molecule has 0 fully saturated rings. The van der Waals surface area contributed by atoms with Crippen LogP contribution in [-0.4, -0.2) is 24.7 Å². The first kappa shape index (κ1) is 38.5. The molecule has 0 aliphatic heterocycles. The normalized spacial score (nSPS) is 11.6. The summed E-state index contributed by atoms with van der Waals surface area (Å²) in [5.74, 6) is -8.23. The standard InChI is InChI=1S/C35H26F10O6/c36-26-18-22(10-12-24(26)20-8-14-30(28(38)16-20)50-34(40,41)42)48-32(46)6-4-2-1-3-5-7-33(47)49-23-11-13-25(27(37)19-23)21-9-15-31(29(39)17-21)51-35(43,44)45/h8-19H,1-7H2. The zero-order valence-corrected chi connectivity index (χ0v) is 26.1. The third-order valence-corrected chi connectivity index (χ3v) is 7.04. The van der Waals surface area contributed by atoms with E-state index >= 15 is 0 Å². The highest BCUT2D eigenvalue weighted by Gasteiger charge is 2.33. The Bertz CT molecular complexity index is 1720. The smallest absolute Gasteiger partial charge is 0.426 e. The molecule has 272 valence electrons. The molecule has 4 aromatic rings. The Hall–Kier alpha value is -5.28. The van der Waals surface area contributed by atoms with Crippen LogP contribution in [-0.2, 0) is 9.59 Å². The summed E-state index contributed by atoms with van der Waals surface area (Å²) in [7, 11) is 0. The predicted octanol–water partition coefficient (Wildman–Crippen LogP) is 10.6. The molecule has 0 aromatic heterocycles. The third-order valence-electron chi connectivity index (χ3n) is 7.04. The van der Waals surface area contributed by atoms with Gasteiger partial charge in [-0.15, -0.1) is 26.3 Å². The van der Waals surface area contributed by atoms with Crippen LogP contribution in [0.1, 0.15) is 44.9 Å². The van der Waals surface area contributed by atoms with E-state index in [9.17, 15) is 53.5 Å². The van der Waals surface area contributed by atoms with Gasteiger partial charge in [0.2, 0.25) is 0 Å². The van der Waals surface area contributed by atoms with Crippen LogP contribution in [0.2, 0.25) is 0 Å². The number of halogens is 10. The molecule has 0 bridgehead atoms. The average Bonchev–Trinajstić information content (AvgIpc) is 3.01. The van der Waals surface area contributed by atoms with Crippen LogP contribution in [0.5, 0.6) is 23.0 Å². The fraction of sp³-hybridized carbons (Fsp3) is 0.257. The number of carbonyl (C=O) groups is 2. The van der Waals surface area contributed by atoms with Crippen molar-refractivity contribution in [1.82, 2.24) is 0 Å². The number of ether oxygens (including phenoxy) is 4. The van der Waals surface area contributed by atoms with Gasteiger partial charge in [0, 0.05) is 36.1 Å². The van der Waals surface area contributed by atoms with Crippen LogP contribution in [0.15, 0.2) is 72.8 Å². The second kappa shape index (κ2) is 16.6. The van der Waals surface area contributed by atoms with Crippen molar-refractivity contribution in [1.29, 1.82) is 0 Å². The number of hydrogen-bond acceptors (Lipinski definition) is 6. The average molecular weight is 733 g/mol. The second-order valence-corrected chi connectivity index (χ2v) is 10.9. The zero-order valence-electron chi connectivity index (χ0n) is 26.1. The molecule has 0 radical (unpaired) electrons. The van der Waals surface area contributed by atoms with Crippen LogP contribution in [0.4, 0.5) is 43.9 Å². The summed E-state index contributed by atoms with van der Waals surface area (Å²) in [6, 6.07) is 11.5. The highest BCUT2D eigenvalue weighted by molar-refractivity contribution is 5.74. The Kier molecular flexibility index (Phi) is 12.6. The molecule has 0 aliphatic rings. The van der Waals surface area contributed by atoms with E-state index in [4.69, 9.17) is 9.47 Å². The van der Waals surface area contributed by atoms with Gasteiger partial charge in [0.15, 0.2) is 23.1 Å². The van der Waals surface area contributed by atoms with Gasteiger partial charge in [0.25, 0.3) is 0 Å². The van der Waals surface area contributed by atoms with E-state index in [1.807, 2.05) is 0 Å². The molecule has 0 aliphatic carbocycles. The van der Waals surface area contributed by atoms with E-state index in [-0.39, 0.29) is 46.6 Å². The van der Waals surface area contributed by atoms with Crippen LogP contribution < -0.4 is 18.9 Å². The van der Waals surface area contributed by atoms with Gasteiger partial charge in [-0.05, 0) is 72.5 Å². The highest BCUT2D eigenvalue weighted by atomic mass is 19.4. The fourth-order valence-corrected chi connectivity index (χ4v) is 4.77. The van der Waals surface area contributed by atoms with E-state index in [1.54, 1.807) is 0 Å². The number of carbonyl (C=O) groups excluding carboxylic acids is 2. The maximum atomic E-state index is 14.6. The molecule has 4 rings (SSSR count). The first-order valence-corrected chi connectivity index (χ1v) is 15.1. The van der Waals surface area contributed by atoms with Crippen LogP contribution >= 0.6 is 0 Å². The maximum absolute atomic E-state index is 14.6. The summed E-state index contributed by atoms with van der Waals surface area (Å²) < 4.78 is 149. The Morgan fingerprint density at radius 1 is 0.471 bits per heavy atom. The van der Waals surface area contributed by atoms with Gasteiger partial charge < -0.3 is 18.9 Å². The quantitative estimate of drug-likeness (QED) is 0.0556. The van der Waals surface area contributed by atoms with Crippen LogP contribution in [0, 0.1) is 23.3 Å². The lowest BCUT2D eigenvalue weighted by atomic mass is 10.0. The number of benzene rings is 4. The number of hydrogen-bond donors (Lipinski definition) is 0. The van der Waals surface area contributed by atoms with Gasteiger partial charge >= 0.3 is 24.7 Å². The third kappa shape index (κ3) is 11.9. The minimum absolute atomic E-state index is 0.00300. The predicted molar refractivity (Wildman–Crippen MR) is 161 cm³/mol. The summed E-state index contributed by atoms with van der Waals surface area (Å²) in [6.07, 6.45) is -7.55. The van der Waals surface area contributed by atoms with E-state index < -0.39 is 59.4 Å². The molecule has 16 heteroatoms. The summed E-state index contributed by atoms with van der Waals surface area (Å²) >= 11 is 0. The molecule has 51 heavy (non-hydrogen) atoms. The summed E-state index contributed by atoms with van der Waals surface area (Å²) in [5, 5.41) is 0. The van der Waals surface area contributed by atoms with Crippen molar-refractivity contribution in [3.63, 3.8) is 0 Å². The molecule has 0 saturated carbocycles. The van der Waals surface area contributed by atoms with E-state index in [0.29, 0.717) is 56.4 Å². The number of alkyl halides is 6. The topological polar surface area (TPSA) is 71.1 Å². The van der Waals surface area contributed by atoms with Crippen LogP contribution in [0.25, 0.3) is 22.3 Å². The number of rotatable bonds is 14. The van der Waals surface area contributed by atoms with Crippen molar-refractivity contribution in [2.24, 2.45) is 0 Å². The van der Waals surface area contributed by atoms with Gasteiger partial charge in [-0.2, -0.15) is 0 Å². The van der Waals surface area contributed by atoms with Crippen molar-refractivity contribution < 1.29 is 72.4 Å². The minimum atomic E-state index is -5.10. The molecule has 0 heterocycles.